The lowest BCUT2D eigenvalue weighted by molar-refractivity contribution is 0.247. The summed E-state index contributed by atoms with van der Waals surface area (Å²) in [7, 11) is 0. The average molecular weight is 373 g/mol. The van der Waals surface area contributed by atoms with E-state index in [4.69, 9.17) is 5.73 Å². The number of pyridine rings is 1. The zero-order chi connectivity index (χ0) is 19.8. The number of carbonyl (C=O) groups excluding carboxylic acids is 1. The SMILES string of the molecule is CC(C)NC(N)=O.CC(C)c1ccc2cnc(NC3CCCCC3)nc2n1. The Hall–Kier alpha value is -2.44. The molecule has 7 heteroatoms. The molecule has 2 aromatic heterocycles. The third-order valence-corrected chi connectivity index (χ3v) is 4.43. The minimum atomic E-state index is -0.463. The van der Waals surface area contributed by atoms with Gasteiger partial charge < -0.3 is 16.4 Å². The predicted octanol–water partition coefficient (Wildman–Crippen LogP) is 3.96. The van der Waals surface area contributed by atoms with Crippen LogP contribution in [0.4, 0.5) is 10.7 Å². The monoisotopic (exact) mass is 372 g/mol. The van der Waals surface area contributed by atoms with Crippen LogP contribution in [-0.4, -0.2) is 33.1 Å². The van der Waals surface area contributed by atoms with E-state index in [1.54, 1.807) is 0 Å². The average Bonchev–Trinajstić information content (AvgIpc) is 2.61. The van der Waals surface area contributed by atoms with Crippen molar-refractivity contribution >= 4 is 23.0 Å². The second kappa shape index (κ2) is 10.0. The van der Waals surface area contributed by atoms with Gasteiger partial charge in [0.1, 0.15) is 0 Å². The van der Waals surface area contributed by atoms with Gasteiger partial charge in [-0.25, -0.2) is 14.8 Å². The molecule has 2 aromatic rings. The highest BCUT2D eigenvalue weighted by molar-refractivity contribution is 5.74. The summed E-state index contributed by atoms with van der Waals surface area (Å²) in [6.45, 7) is 8.00. The Morgan fingerprint density at radius 3 is 2.37 bits per heavy atom. The Labute approximate surface area is 161 Å². The minimum Gasteiger partial charge on any atom is -0.352 e. The highest BCUT2D eigenvalue weighted by atomic mass is 16.2. The Morgan fingerprint density at radius 2 is 1.81 bits per heavy atom. The fourth-order valence-electron chi connectivity index (χ4n) is 3.03. The molecule has 0 spiro atoms. The topological polar surface area (TPSA) is 106 Å². The van der Waals surface area contributed by atoms with Crippen molar-refractivity contribution in [3.63, 3.8) is 0 Å². The van der Waals surface area contributed by atoms with Gasteiger partial charge in [-0.05, 0) is 44.7 Å². The first kappa shape index (κ1) is 20.9. The van der Waals surface area contributed by atoms with Gasteiger partial charge in [-0.15, -0.1) is 0 Å². The molecule has 1 fully saturated rings. The summed E-state index contributed by atoms with van der Waals surface area (Å²) in [6.07, 6.45) is 8.28. The van der Waals surface area contributed by atoms with E-state index in [2.05, 4.69) is 51.6 Å². The van der Waals surface area contributed by atoms with E-state index >= 15 is 0 Å². The molecule has 27 heavy (non-hydrogen) atoms. The Morgan fingerprint density at radius 1 is 1.11 bits per heavy atom. The van der Waals surface area contributed by atoms with Crippen LogP contribution in [0.5, 0.6) is 0 Å². The lowest BCUT2D eigenvalue weighted by Gasteiger charge is -2.22. The fourth-order valence-corrected chi connectivity index (χ4v) is 3.03. The van der Waals surface area contributed by atoms with Crippen LogP contribution in [0.15, 0.2) is 18.3 Å². The summed E-state index contributed by atoms with van der Waals surface area (Å²) in [4.78, 5) is 23.6. The number of anilines is 1. The van der Waals surface area contributed by atoms with Gasteiger partial charge in [-0.3, -0.25) is 0 Å². The number of urea groups is 1. The molecule has 0 atom stereocenters. The van der Waals surface area contributed by atoms with Crippen molar-refractivity contribution in [1.82, 2.24) is 20.3 Å². The van der Waals surface area contributed by atoms with E-state index in [-0.39, 0.29) is 6.04 Å². The Balaban J connectivity index is 0.000000321. The van der Waals surface area contributed by atoms with E-state index in [1.165, 1.54) is 32.1 Å². The summed E-state index contributed by atoms with van der Waals surface area (Å²) in [5.74, 6) is 1.14. The number of hydrogen-bond donors (Lipinski definition) is 3. The van der Waals surface area contributed by atoms with Crippen molar-refractivity contribution in [2.45, 2.75) is 77.8 Å². The van der Waals surface area contributed by atoms with Crippen LogP contribution < -0.4 is 16.4 Å². The van der Waals surface area contributed by atoms with E-state index < -0.39 is 6.03 Å². The van der Waals surface area contributed by atoms with Crippen molar-refractivity contribution in [2.24, 2.45) is 5.73 Å². The summed E-state index contributed by atoms with van der Waals surface area (Å²) in [5, 5.41) is 6.91. The van der Waals surface area contributed by atoms with Crippen LogP contribution in [0.2, 0.25) is 0 Å². The van der Waals surface area contributed by atoms with Gasteiger partial charge in [0.15, 0.2) is 5.65 Å². The number of carbonyl (C=O) groups is 1. The van der Waals surface area contributed by atoms with E-state index in [0.29, 0.717) is 12.0 Å². The molecule has 2 amide bonds. The third kappa shape index (κ3) is 7.00. The lowest BCUT2D eigenvalue weighted by Crippen LogP contribution is -2.34. The lowest BCUT2D eigenvalue weighted by atomic mass is 9.96. The van der Waals surface area contributed by atoms with Crippen LogP contribution in [0.1, 0.15) is 71.4 Å². The molecule has 148 valence electrons. The van der Waals surface area contributed by atoms with E-state index in [1.807, 2.05) is 20.0 Å². The zero-order valence-corrected chi connectivity index (χ0v) is 16.8. The molecule has 0 aromatic carbocycles. The van der Waals surface area contributed by atoms with Gasteiger partial charge in [-0.1, -0.05) is 33.1 Å². The molecule has 7 nitrogen and oxygen atoms in total. The van der Waals surface area contributed by atoms with Crippen molar-refractivity contribution in [2.75, 3.05) is 5.32 Å². The highest BCUT2D eigenvalue weighted by Crippen LogP contribution is 2.21. The normalized spacial score (nSPS) is 14.7. The van der Waals surface area contributed by atoms with Crippen LogP contribution >= 0.6 is 0 Å². The number of fused-ring (bicyclic) bond motifs is 1. The van der Waals surface area contributed by atoms with Gasteiger partial charge in [0.2, 0.25) is 5.95 Å². The molecule has 0 bridgehead atoms. The third-order valence-electron chi connectivity index (χ3n) is 4.43. The number of rotatable bonds is 4. The van der Waals surface area contributed by atoms with Crippen molar-refractivity contribution in [3.8, 4) is 0 Å². The van der Waals surface area contributed by atoms with E-state index in [0.717, 1.165) is 22.7 Å². The molecule has 0 unspecified atom stereocenters. The summed E-state index contributed by atoms with van der Waals surface area (Å²) in [6, 6.07) is 4.33. The standard InChI is InChI=1S/C16H22N4.C4H10N2O/c1-11(2)14-9-8-12-10-17-16(20-15(12)19-14)18-13-6-4-3-5-7-13;1-3(2)6-4(5)7/h8-11,13H,3-7H2,1-2H3,(H,17,18,19,20);3H,1-2H3,(H3,5,6,7). The van der Waals surface area contributed by atoms with Gasteiger partial charge in [0.05, 0.1) is 0 Å². The number of nitrogens with zero attached hydrogens (tertiary/aromatic N) is 3. The minimum absolute atomic E-state index is 0.150. The van der Waals surface area contributed by atoms with Crippen LogP contribution in [0.3, 0.4) is 0 Å². The molecule has 2 heterocycles. The molecular formula is C20H32N6O. The van der Waals surface area contributed by atoms with E-state index in [9.17, 15) is 4.79 Å². The second-order valence-corrected chi connectivity index (χ2v) is 7.64. The Kier molecular flexibility index (Phi) is 7.76. The molecule has 1 aliphatic carbocycles. The molecule has 3 rings (SSSR count). The zero-order valence-electron chi connectivity index (χ0n) is 16.8. The first-order chi connectivity index (χ1) is 12.8. The molecular weight excluding hydrogens is 340 g/mol. The molecule has 0 radical (unpaired) electrons. The van der Waals surface area contributed by atoms with Gasteiger partial charge in [-0.2, -0.15) is 4.98 Å². The predicted molar refractivity (Wildman–Crippen MR) is 110 cm³/mol. The van der Waals surface area contributed by atoms with Crippen molar-refractivity contribution < 1.29 is 4.79 Å². The maximum Gasteiger partial charge on any atom is 0.312 e. The van der Waals surface area contributed by atoms with Crippen LogP contribution in [0, 0.1) is 0 Å². The first-order valence-corrected chi connectivity index (χ1v) is 9.81. The smallest absolute Gasteiger partial charge is 0.312 e. The second-order valence-electron chi connectivity index (χ2n) is 7.64. The van der Waals surface area contributed by atoms with Crippen LogP contribution in [-0.2, 0) is 0 Å². The summed E-state index contributed by atoms with van der Waals surface area (Å²) < 4.78 is 0. The summed E-state index contributed by atoms with van der Waals surface area (Å²) >= 11 is 0. The molecule has 0 saturated heterocycles. The maximum atomic E-state index is 9.92. The number of nitrogens with two attached hydrogens (primary N) is 1. The molecule has 0 aliphatic heterocycles. The number of primary amides is 1. The quantitative estimate of drug-likeness (QED) is 0.753. The Bertz CT molecular complexity index is 740. The number of hydrogen-bond acceptors (Lipinski definition) is 5. The van der Waals surface area contributed by atoms with Crippen LogP contribution in [0.25, 0.3) is 11.0 Å². The molecule has 1 saturated carbocycles. The van der Waals surface area contributed by atoms with Crippen molar-refractivity contribution in [3.05, 3.63) is 24.0 Å². The highest BCUT2D eigenvalue weighted by Gasteiger charge is 2.14. The van der Waals surface area contributed by atoms with Gasteiger partial charge in [0, 0.05) is 29.4 Å². The first-order valence-electron chi connectivity index (χ1n) is 9.81. The van der Waals surface area contributed by atoms with Crippen molar-refractivity contribution in [1.29, 1.82) is 0 Å². The number of nitrogens with one attached hydrogen (secondary N) is 2. The molecule has 4 N–H and O–H groups in total. The summed E-state index contributed by atoms with van der Waals surface area (Å²) in [5.41, 5.74) is 6.62. The fraction of sp³-hybridized carbons (Fsp3) is 0.600. The van der Waals surface area contributed by atoms with Gasteiger partial charge >= 0.3 is 6.03 Å². The number of amides is 2. The number of aromatic nitrogens is 3. The maximum absolute atomic E-state index is 9.92. The molecule has 1 aliphatic rings. The van der Waals surface area contributed by atoms with Gasteiger partial charge in [0.25, 0.3) is 0 Å². The largest absolute Gasteiger partial charge is 0.352 e.